The second-order valence-electron chi connectivity index (χ2n) is 4.01. The summed E-state index contributed by atoms with van der Waals surface area (Å²) >= 11 is 6.76. The summed E-state index contributed by atoms with van der Waals surface area (Å²) in [5, 5.41) is 2.85. The molecule has 3 nitrogen and oxygen atoms in total. The monoisotopic (exact) mass is 382 g/mol. The van der Waals surface area contributed by atoms with Crippen molar-refractivity contribution in [2.24, 2.45) is 0 Å². The largest absolute Gasteiger partial charge is 0.398 e. The van der Waals surface area contributed by atoms with Crippen LogP contribution in [0.3, 0.4) is 0 Å². The van der Waals surface area contributed by atoms with Crippen LogP contribution < -0.4 is 11.1 Å². The molecule has 0 radical (unpaired) electrons. The lowest BCUT2D eigenvalue weighted by Crippen LogP contribution is -2.23. The Bertz CT molecular complexity index is 614. The van der Waals surface area contributed by atoms with Crippen LogP contribution in [-0.4, -0.2) is 5.91 Å². The molecular weight excluding hydrogens is 372 g/mol. The Morgan fingerprint density at radius 1 is 1.16 bits per heavy atom. The summed E-state index contributed by atoms with van der Waals surface area (Å²) in [5.41, 5.74) is 7.78. The van der Waals surface area contributed by atoms with Gasteiger partial charge in [-0.3, -0.25) is 4.79 Å². The van der Waals surface area contributed by atoms with Crippen LogP contribution in [0.5, 0.6) is 0 Å². The first-order chi connectivity index (χ1) is 9.08. The van der Waals surface area contributed by atoms with Gasteiger partial charge in [-0.05, 0) is 29.8 Å². The quantitative estimate of drug-likeness (QED) is 0.793. The number of amides is 1. The molecule has 3 N–H and O–H groups in total. The molecule has 2 aromatic carbocycles. The fourth-order valence-electron chi connectivity index (χ4n) is 1.65. The number of nitrogens with one attached hydrogen (secondary N) is 1. The van der Waals surface area contributed by atoms with E-state index in [0.717, 1.165) is 14.5 Å². The van der Waals surface area contributed by atoms with Crippen molar-refractivity contribution < 1.29 is 4.79 Å². The van der Waals surface area contributed by atoms with Crippen LogP contribution in [0, 0.1) is 0 Å². The SMILES string of the molecule is Nc1cc(Br)ccc1C(=O)NCc1ccccc1Br. The first-order valence-corrected chi connectivity index (χ1v) is 7.23. The maximum Gasteiger partial charge on any atom is 0.253 e. The van der Waals surface area contributed by atoms with Crippen molar-refractivity contribution in [1.82, 2.24) is 5.32 Å². The van der Waals surface area contributed by atoms with Crippen molar-refractivity contribution in [3.05, 3.63) is 62.5 Å². The van der Waals surface area contributed by atoms with Crippen molar-refractivity contribution in [2.45, 2.75) is 6.54 Å². The van der Waals surface area contributed by atoms with Gasteiger partial charge in [0.15, 0.2) is 0 Å². The lowest BCUT2D eigenvalue weighted by molar-refractivity contribution is 0.0951. The summed E-state index contributed by atoms with van der Waals surface area (Å²) < 4.78 is 1.83. The van der Waals surface area contributed by atoms with Gasteiger partial charge in [0.1, 0.15) is 0 Å². The second-order valence-corrected chi connectivity index (χ2v) is 5.78. The van der Waals surface area contributed by atoms with E-state index in [2.05, 4.69) is 37.2 Å². The highest BCUT2D eigenvalue weighted by Gasteiger charge is 2.10. The molecule has 0 heterocycles. The fourth-order valence-corrected chi connectivity index (χ4v) is 2.46. The average molecular weight is 384 g/mol. The lowest BCUT2D eigenvalue weighted by atomic mass is 10.1. The minimum Gasteiger partial charge on any atom is -0.398 e. The molecular formula is C14H12Br2N2O. The molecule has 0 aliphatic rings. The summed E-state index contributed by atoms with van der Waals surface area (Å²) in [7, 11) is 0. The predicted octanol–water partition coefficient (Wildman–Crippen LogP) is 3.72. The maximum absolute atomic E-state index is 12.0. The van der Waals surface area contributed by atoms with Crippen LogP contribution in [0.1, 0.15) is 15.9 Å². The van der Waals surface area contributed by atoms with Gasteiger partial charge in [0.05, 0.1) is 5.56 Å². The minimum absolute atomic E-state index is 0.180. The number of carbonyl (C=O) groups is 1. The Morgan fingerprint density at radius 2 is 1.89 bits per heavy atom. The first kappa shape index (κ1) is 14.1. The lowest BCUT2D eigenvalue weighted by Gasteiger charge is -2.09. The van der Waals surface area contributed by atoms with Gasteiger partial charge in [-0.15, -0.1) is 0 Å². The van der Waals surface area contributed by atoms with Gasteiger partial charge in [0.2, 0.25) is 0 Å². The van der Waals surface area contributed by atoms with Crippen molar-refractivity contribution in [1.29, 1.82) is 0 Å². The van der Waals surface area contributed by atoms with Crippen LogP contribution in [-0.2, 0) is 6.54 Å². The first-order valence-electron chi connectivity index (χ1n) is 5.64. The minimum atomic E-state index is -0.180. The normalized spacial score (nSPS) is 10.2. The number of hydrogen-bond acceptors (Lipinski definition) is 2. The van der Waals surface area contributed by atoms with E-state index < -0.39 is 0 Å². The zero-order chi connectivity index (χ0) is 13.8. The number of carbonyl (C=O) groups excluding carboxylic acids is 1. The summed E-state index contributed by atoms with van der Waals surface area (Å²) in [4.78, 5) is 12.0. The molecule has 0 fully saturated rings. The summed E-state index contributed by atoms with van der Waals surface area (Å²) in [5.74, 6) is -0.180. The van der Waals surface area contributed by atoms with Gasteiger partial charge in [-0.1, -0.05) is 50.1 Å². The summed E-state index contributed by atoms with van der Waals surface area (Å²) in [6.07, 6.45) is 0. The van der Waals surface area contributed by atoms with Crippen LogP contribution in [0.25, 0.3) is 0 Å². The van der Waals surface area contributed by atoms with E-state index in [4.69, 9.17) is 5.73 Å². The second kappa shape index (κ2) is 6.21. The van der Waals surface area contributed by atoms with Gasteiger partial charge in [0, 0.05) is 21.2 Å². The average Bonchev–Trinajstić information content (AvgIpc) is 2.37. The van der Waals surface area contributed by atoms with Gasteiger partial charge in [-0.25, -0.2) is 0 Å². The molecule has 1 amide bonds. The van der Waals surface area contributed by atoms with Crippen molar-refractivity contribution >= 4 is 43.5 Å². The van der Waals surface area contributed by atoms with E-state index in [9.17, 15) is 4.79 Å². The Labute approximate surface area is 128 Å². The van der Waals surface area contributed by atoms with Crippen LogP contribution in [0.4, 0.5) is 5.69 Å². The predicted molar refractivity (Wildman–Crippen MR) is 83.9 cm³/mol. The standard InChI is InChI=1S/C14H12Br2N2O/c15-10-5-6-11(13(17)7-10)14(19)18-8-9-3-1-2-4-12(9)16/h1-7H,8,17H2,(H,18,19). The van der Waals surface area contributed by atoms with Gasteiger partial charge < -0.3 is 11.1 Å². The number of anilines is 1. The van der Waals surface area contributed by atoms with E-state index in [1.807, 2.05) is 24.3 Å². The Balaban J connectivity index is 2.08. The van der Waals surface area contributed by atoms with Gasteiger partial charge in [-0.2, -0.15) is 0 Å². The van der Waals surface area contributed by atoms with Crippen LogP contribution >= 0.6 is 31.9 Å². The van der Waals surface area contributed by atoms with E-state index in [-0.39, 0.29) is 5.91 Å². The van der Waals surface area contributed by atoms with Gasteiger partial charge >= 0.3 is 0 Å². The zero-order valence-electron chi connectivity index (χ0n) is 9.99. The van der Waals surface area contributed by atoms with E-state index >= 15 is 0 Å². The third-order valence-corrected chi connectivity index (χ3v) is 3.92. The molecule has 5 heteroatoms. The van der Waals surface area contributed by atoms with E-state index in [0.29, 0.717) is 17.8 Å². The molecule has 0 aliphatic heterocycles. The molecule has 0 atom stereocenters. The molecule has 0 saturated heterocycles. The molecule has 0 unspecified atom stereocenters. The number of hydrogen-bond donors (Lipinski definition) is 2. The smallest absolute Gasteiger partial charge is 0.253 e. The highest BCUT2D eigenvalue weighted by molar-refractivity contribution is 9.10. The molecule has 0 bridgehead atoms. The molecule has 0 saturated carbocycles. The molecule has 2 rings (SSSR count). The molecule has 0 spiro atoms. The summed E-state index contributed by atoms with van der Waals surface area (Å²) in [6, 6.07) is 13.0. The van der Waals surface area contributed by atoms with E-state index in [1.54, 1.807) is 18.2 Å². The van der Waals surface area contributed by atoms with Crippen molar-refractivity contribution in [3.63, 3.8) is 0 Å². The topological polar surface area (TPSA) is 55.1 Å². The molecule has 0 aliphatic carbocycles. The molecule has 19 heavy (non-hydrogen) atoms. The zero-order valence-corrected chi connectivity index (χ0v) is 13.2. The number of nitrogens with two attached hydrogens (primary N) is 1. The third kappa shape index (κ3) is 3.58. The Morgan fingerprint density at radius 3 is 2.58 bits per heavy atom. The summed E-state index contributed by atoms with van der Waals surface area (Å²) in [6.45, 7) is 0.454. The molecule has 0 aromatic heterocycles. The van der Waals surface area contributed by atoms with Crippen LogP contribution in [0.15, 0.2) is 51.4 Å². The third-order valence-electron chi connectivity index (χ3n) is 2.66. The Hall–Kier alpha value is -1.33. The number of benzene rings is 2. The Kier molecular flexibility index (Phi) is 4.61. The maximum atomic E-state index is 12.0. The van der Waals surface area contributed by atoms with Gasteiger partial charge in [0.25, 0.3) is 5.91 Å². The van der Waals surface area contributed by atoms with Crippen molar-refractivity contribution in [2.75, 3.05) is 5.73 Å². The number of rotatable bonds is 3. The van der Waals surface area contributed by atoms with E-state index in [1.165, 1.54) is 0 Å². The number of halogens is 2. The van der Waals surface area contributed by atoms with Crippen LogP contribution in [0.2, 0.25) is 0 Å². The molecule has 98 valence electrons. The number of nitrogen functional groups attached to an aromatic ring is 1. The fraction of sp³-hybridized carbons (Fsp3) is 0.0714. The highest BCUT2D eigenvalue weighted by atomic mass is 79.9. The van der Waals surface area contributed by atoms with Crippen molar-refractivity contribution in [3.8, 4) is 0 Å². The highest BCUT2D eigenvalue weighted by Crippen LogP contribution is 2.19. The molecule has 2 aromatic rings.